The van der Waals surface area contributed by atoms with Crippen LogP contribution in [0.15, 0.2) is 23.7 Å². The Balaban J connectivity index is 2.42. The van der Waals surface area contributed by atoms with E-state index in [1.165, 1.54) is 0 Å². The van der Waals surface area contributed by atoms with Gasteiger partial charge in [0.2, 0.25) is 0 Å². The maximum atomic E-state index is 10.4. The smallest absolute Gasteiger partial charge is 0.307 e. The quantitative estimate of drug-likeness (QED) is 0.792. The highest BCUT2D eigenvalue weighted by Crippen LogP contribution is 2.19. The van der Waals surface area contributed by atoms with Crippen molar-refractivity contribution in [2.45, 2.75) is 6.42 Å². The lowest BCUT2D eigenvalue weighted by atomic mass is 10.2. The van der Waals surface area contributed by atoms with Gasteiger partial charge in [-0.25, -0.2) is 0 Å². The van der Waals surface area contributed by atoms with Crippen LogP contribution in [0.4, 0.5) is 0 Å². The van der Waals surface area contributed by atoms with Crippen LogP contribution in [0.5, 0.6) is 0 Å². The molecule has 0 amide bonds. The predicted octanol–water partition coefficient (Wildman–Crippen LogP) is 1.92. The van der Waals surface area contributed by atoms with Crippen LogP contribution in [-0.2, 0) is 11.2 Å². The Bertz CT molecular complexity index is 450. The molecule has 2 aromatic rings. The molecule has 3 nitrogen and oxygen atoms in total. The number of thiophene rings is 1. The van der Waals surface area contributed by atoms with Gasteiger partial charge in [-0.15, -0.1) is 11.3 Å². The van der Waals surface area contributed by atoms with E-state index in [1.807, 2.05) is 17.5 Å². The lowest BCUT2D eigenvalue weighted by molar-refractivity contribution is -0.136. The average Bonchev–Trinajstić information content (AvgIpc) is 2.49. The molecular formula is C9H7NO2S. The van der Waals surface area contributed by atoms with Crippen molar-refractivity contribution in [2.24, 2.45) is 0 Å². The number of hydrogen-bond donors (Lipinski definition) is 1. The van der Waals surface area contributed by atoms with E-state index >= 15 is 0 Å². The summed E-state index contributed by atoms with van der Waals surface area (Å²) in [6, 6.07) is 3.80. The molecule has 0 aliphatic rings. The molecular weight excluding hydrogens is 186 g/mol. The molecule has 0 bridgehead atoms. The second kappa shape index (κ2) is 3.14. The lowest BCUT2D eigenvalue weighted by Crippen LogP contribution is -1.99. The summed E-state index contributed by atoms with van der Waals surface area (Å²) >= 11 is 1.57. The molecule has 1 N–H and O–H groups in total. The Morgan fingerprint density at radius 2 is 2.46 bits per heavy atom. The van der Waals surface area contributed by atoms with Gasteiger partial charge in [-0.05, 0) is 23.1 Å². The van der Waals surface area contributed by atoms with E-state index in [9.17, 15) is 4.79 Å². The minimum atomic E-state index is -0.822. The van der Waals surface area contributed by atoms with E-state index in [-0.39, 0.29) is 6.42 Å². The van der Waals surface area contributed by atoms with Crippen molar-refractivity contribution in [2.75, 3.05) is 0 Å². The molecule has 2 rings (SSSR count). The normalized spacial score (nSPS) is 10.5. The third kappa shape index (κ3) is 1.67. The van der Waals surface area contributed by atoms with E-state index in [1.54, 1.807) is 17.5 Å². The monoisotopic (exact) mass is 193 g/mol. The molecule has 0 fully saturated rings. The summed E-state index contributed by atoms with van der Waals surface area (Å²) in [5.74, 6) is -0.822. The number of carboxylic acids is 1. The van der Waals surface area contributed by atoms with Gasteiger partial charge in [0.15, 0.2) is 0 Å². The average molecular weight is 193 g/mol. The zero-order chi connectivity index (χ0) is 9.26. The molecule has 4 heteroatoms. The predicted molar refractivity (Wildman–Crippen MR) is 51.0 cm³/mol. The van der Waals surface area contributed by atoms with E-state index in [4.69, 9.17) is 5.11 Å². The maximum absolute atomic E-state index is 10.4. The number of carboxylic acid groups (broad SMARTS) is 1. The zero-order valence-corrected chi connectivity index (χ0v) is 7.54. The second-order valence-corrected chi connectivity index (χ2v) is 3.67. The van der Waals surface area contributed by atoms with E-state index < -0.39 is 5.97 Å². The Labute approximate surface area is 78.7 Å². The van der Waals surface area contributed by atoms with Crippen LogP contribution >= 0.6 is 11.3 Å². The molecule has 13 heavy (non-hydrogen) atoms. The summed E-state index contributed by atoms with van der Waals surface area (Å²) in [4.78, 5) is 14.6. The minimum absolute atomic E-state index is 0.0425. The van der Waals surface area contributed by atoms with Crippen LogP contribution in [-0.4, -0.2) is 16.1 Å². The number of rotatable bonds is 2. The van der Waals surface area contributed by atoms with Crippen LogP contribution < -0.4 is 0 Å². The molecule has 0 spiro atoms. The van der Waals surface area contributed by atoms with Crippen LogP contribution in [0.1, 0.15) is 5.56 Å². The Kier molecular flexibility index (Phi) is 1.98. The van der Waals surface area contributed by atoms with Gasteiger partial charge in [0.05, 0.1) is 16.6 Å². The number of aromatic nitrogens is 1. The van der Waals surface area contributed by atoms with Gasteiger partial charge < -0.3 is 5.11 Å². The van der Waals surface area contributed by atoms with Crippen molar-refractivity contribution >= 4 is 27.5 Å². The van der Waals surface area contributed by atoms with Gasteiger partial charge in [-0.3, -0.25) is 9.78 Å². The van der Waals surface area contributed by atoms with Crippen molar-refractivity contribution in [3.63, 3.8) is 0 Å². The number of hydrogen-bond acceptors (Lipinski definition) is 3. The number of aliphatic carboxylic acids is 1. The first-order valence-corrected chi connectivity index (χ1v) is 4.67. The summed E-state index contributed by atoms with van der Waals surface area (Å²) in [6.45, 7) is 0. The topological polar surface area (TPSA) is 50.2 Å². The molecule has 66 valence electrons. The van der Waals surface area contributed by atoms with Gasteiger partial charge >= 0.3 is 5.97 Å². The largest absolute Gasteiger partial charge is 0.481 e. The molecule has 0 aliphatic heterocycles. The van der Waals surface area contributed by atoms with Crippen molar-refractivity contribution < 1.29 is 9.90 Å². The minimum Gasteiger partial charge on any atom is -0.481 e. The molecule has 0 saturated carbocycles. The van der Waals surface area contributed by atoms with E-state index in [2.05, 4.69) is 4.98 Å². The van der Waals surface area contributed by atoms with Gasteiger partial charge in [0, 0.05) is 6.20 Å². The van der Waals surface area contributed by atoms with Gasteiger partial charge in [0.25, 0.3) is 0 Å². The van der Waals surface area contributed by atoms with E-state index in [0.717, 1.165) is 15.8 Å². The number of fused-ring (bicyclic) bond motifs is 1. The molecule has 0 aromatic carbocycles. The Morgan fingerprint density at radius 1 is 1.62 bits per heavy atom. The van der Waals surface area contributed by atoms with Gasteiger partial charge in [0.1, 0.15) is 0 Å². The Morgan fingerprint density at radius 3 is 3.23 bits per heavy atom. The molecule has 0 unspecified atom stereocenters. The molecule has 0 saturated heterocycles. The molecule has 2 heterocycles. The lowest BCUT2D eigenvalue weighted by Gasteiger charge is -1.95. The third-order valence-corrected chi connectivity index (χ3v) is 2.57. The third-order valence-electron chi connectivity index (χ3n) is 1.71. The molecule has 0 aliphatic carbocycles. The van der Waals surface area contributed by atoms with Gasteiger partial charge in [-0.1, -0.05) is 0 Å². The van der Waals surface area contributed by atoms with Crippen LogP contribution in [0.2, 0.25) is 0 Å². The fourth-order valence-electron chi connectivity index (χ4n) is 1.16. The van der Waals surface area contributed by atoms with Crippen molar-refractivity contribution in [1.29, 1.82) is 0 Å². The number of pyridine rings is 1. The van der Waals surface area contributed by atoms with Crippen molar-refractivity contribution in [3.05, 3.63) is 29.3 Å². The number of carbonyl (C=O) groups is 1. The van der Waals surface area contributed by atoms with E-state index in [0.29, 0.717) is 0 Å². The highest BCUT2D eigenvalue weighted by Gasteiger charge is 2.02. The summed E-state index contributed by atoms with van der Waals surface area (Å²) in [6.07, 6.45) is 1.66. The van der Waals surface area contributed by atoms with Crippen molar-refractivity contribution in [3.8, 4) is 0 Å². The standard InChI is InChI=1S/C9H7NO2S/c11-9(12)4-6-3-8-7(10-5-6)1-2-13-8/h1-3,5H,4H2,(H,11,12). The van der Waals surface area contributed by atoms with Crippen LogP contribution in [0.3, 0.4) is 0 Å². The highest BCUT2D eigenvalue weighted by molar-refractivity contribution is 7.17. The molecule has 0 atom stereocenters. The first kappa shape index (κ1) is 8.19. The van der Waals surface area contributed by atoms with Gasteiger partial charge in [-0.2, -0.15) is 0 Å². The first-order valence-electron chi connectivity index (χ1n) is 3.79. The van der Waals surface area contributed by atoms with Crippen LogP contribution in [0.25, 0.3) is 10.2 Å². The Hall–Kier alpha value is -1.42. The fourth-order valence-corrected chi connectivity index (χ4v) is 1.96. The molecule has 0 radical (unpaired) electrons. The maximum Gasteiger partial charge on any atom is 0.307 e. The van der Waals surface area contributed by atoms with Crippen LogP contribution in [0, 0.1) is 0 Å². The van der Waals surface area contributed by atoms with Crippen molar-refractivity contribution in [1.82, 2.24) is 4.98 Å². The SMILES string of the molecule is O=C(O)Cc1cnc2ccsc2c1. The summed E-state index contributed by atoms with van der Waals surface area (Å²) in [7, 11) is 0. The first-order chi connectivity index (χ1) is 6.25. The summed E-state index contributed by atoms with van der Waals surface area (Å²) in [5.41, 5.74) is 1.68. The highest BCUT2D eigenvalue weighted by atomic mass is 32.1. The number of nitrogens with zero attached hydrogens (tertiary/aromatic N) is 1. The second-order valence-electron chi connectivity index (χ2n) is 2.72. The molecule has 2 aromatic heterocycles. The summed E-state index contributed by atoms with van der Waals surface area (Å²) < 4.78 is 1.04. The fraction of sp³-hybridized carbons (Fsp3) is 0.111. The zero-order valence-electron chi connectivity index (χ0n) is 6.73. The summed E-state index contributed by atoms with van der Waals surface area (Å²) in [5, 5.41) is 10.5.